The van der Waals surface area contributed by atoms with E-state index in [0.717, 1.165) is 0 Å². The molecule has 79 valence electrons. The van der Waals surface area contributed by atoms with Crippen LogP contribution >= 0.6 is 24.8 Å². The van der Waals surface area contributed by atoms with Gasteiger partial charge in [-0.05, 0) is 0 Å². The van der Waals surface area contributed by atoms with Crippen molar-refractivity contribution < 1.29 is 20.4 Å². The molecule has 0 heterocycles. The van der Waals surface area contributed by atoms with Gasteiger partial charge in [-0.15, -0.1) is 24.8 Å². The zero-order valence-electron chi connectivity index (χ0n) is 7.97. The van der Waals surface area contributed by atoms with Gasteiger partial charge >= 0.3 is 100 Å². The van der Waals surface area contributed by atoms with Gasteiger partial charge in [0.25, 0.3) is 0 Å². The van der Waals surface area contributed by atoms with Gasteiger partial charge in [0.1, 0.15) is 0 Å². The minimum Gasteiger partial charge on any atom is -0.147 e. The molecule has 0 aliphatic carbocycles. The zero-order chi connectivity index (χ0) is 7.66. The molecule has 0 N–H and O–H groups in total. The van der Waals surface area contributed by atoms with E-state index in [2.05, 4.69) is 27.4 Å². The first-order chi connectivity index (χ1) is 4.91. The summed E-state index contributed by atoms with van der Waals surface area (Å²) in [6.45, 7) is 2.27. The second kappa shape index (κ2) is 23.7. The Hall–Kier alpha value is 2.06. The van der Waals surface area contributed by atoms with Crippen molar-refractivity contribution in [2.45, 2.75) is 56.6 Å². The van der Waals surface area contributed by atoms with Crippen LogP contribution in [0.15, 0.2) is 0 Å². The first-order valence-electron chi connectivity index (χ1n) is 4.56. The summed E-state index contributed by atoms with van der Waals surface area (Å²) in [6.07, 6.45) is 10.1. The maximum Gasteiger partial charge on any atom is 0.316 e. The van der Waals surface area contributed by atoms with Crippen molar-refractivity contribution in [3.8, 4) is 0 Å². The summed E-state index contributed by atoms with van der Waals surface area (Å²) in [7, 11) is 0. The van der Waals surface area contributed by atoms with E-state index in [1.165, 1.54) is 49.7 Å². The van der Waals surface area contributed by atoms with Gasteiger partial charge < -0.3 is 0 Å². The Morgan fingerprint density at radius 2 is 1.15 bits per heavy atom. The quantitative estimate of drug-likeness (QED) is 0.491. The number of unbranched alkanes of at least 4 members (excludes halogenated alkanes) is 6. The predicted molar refractivity (Wildman–Crippen MR) is 65.8 cm³/mol. The molecule has 0 saturated heterocycles. The fourth-order valence-corrected chi connectivity index (χ4v) is 1.47. The van der Waals surface area contributed by atoms with Gasteiger partial charge in [-0.3, -0.25) is 0 Å². The topological polar surface area (TPSA) is 0 Å². The van der Waals surface area contributed by atoms with Crippen molar-refractivity contribution in [3.63, 3.8) is 0 Å². The fraction of sp³-hybridized carbons (Fsp3) is 1.00. The molecule has 0 spiro atoms. The van der Waals surface area contributed by atoms with Gasteiger partial charge in [0, 0.05) is 0 Å². The molecule has 0 aromatic rings. The summed E-state index contributed by atoms with van der Waals surface area (Å²) >= 11 is 2.27. The Balaban J connectivity index is -0.000000135. The van der Waals surface area contributed by atoms with Gasteiger partial charge in [0.2, 0.25) is 0 Å². The molecule has 0 atom stereocenters. The number of hydrogen-bond acceptors (Lipinski definition) is 0. The average Bonchev–Trinajstić information content (AvgIpc) is 1.97. The summed E-state index contributed by atoms with van der Waals surface area (Å²) in [5, 5.41) is 0. The van der Waals surface area contributed by atoms with E-state index < -0.39 is 0 Å². The summed E-state index contributed by atoms with van der Waals surface area (Å²) < 4.78 is 1.37. The minimum atomic E-state index is 0. The van der Waals surface area contributed by atoms with Gasteiger partial charge in [-0.25, -0.2) is 0 Å². The maximum absolute atomic E-state index is 2.27. The molecule has 0 amide bonds. The van der Waals surface area contributed by atoms with E-state index in [0.29, 0.717) is 0 Å². The fourth-order valence-electron chi connectivity index (χ4n) is 1.08. The normalized spacial score (nSPS) is 7.69. The SMILES string of the molecule is CCCCCCCC[CH2][Ti].Cl.Cl.[MgH2]. The molecule has 0 aliphatic rings. The molecule has 0 bridgehead atoms. The molecule has 0 saturated carbocycles. The van der Waals surface area contributed by atoms with Crippen LogP contribution in [0.3, 0.4) is 0 Å². The smallest absolute Gasteiger partial charge is 0.147 e. The van der Waals surface area contributed by atoms with Crippen molar-refractivity contribution in [3.05, 3.63) is 0 Å². The monoisotopic (exact) mass is 273 g/mol. The van der Waals surface area contributed by atoms with Gasteiger partial charge in [0.05, 0.1) is 0 Å². The first kappa shape index (κ1) is 24.3. The summed E-state index contributed by atoms with van der Waals surface area (Å²) in [5.74, 6) is 0. The van der Waals surface area contributed by atoms with Crippen LogP contribution in [0.2, 0.25) is 4.73 Å². The van der Waals surface area contributed by atoms with E-state index in [-0.39, 0.29) is 47.9 Å². The third-order valence-corrected chi connectivity index (χ3v) is 2.33. The molecular weight excluding hydrogens is 251 g/mol. The van der Waals surface area contributed by atoms with E-state index >= 15 is 0 Å². The molecule has 0 aliphatic heterocycles. The van der Waals surface area contributed by atoms with Crippen molar-refractivity contribution in [1.29, 1.82) is 0 Å². The van der Waals surface area contributed by atoms with Gasteiger partial charge in [-0.2, -0.15) is 0 Å². The van der Waals surface area contributed by atoms with Gasteiger partial charge in [-0.1, -0.05) is 0 Å². The Morgan fingerprint density at radius 3 is 1.54 bits per heavy atom. The van der Waals surface area contributed by atoms with Crippen LogP contribution in [-0.2, 0) is 20.4 Å². The third-order valence-electron chi connectivity index (χ3n) is 1.78. The van der Waals surface area contributed by atoms with Gasteiger partial charge in [0.15, 0.2) is 0 Å². The standard InChI is InChI=1S/C9H19.2ClH.Mg.Ti.2H/c1-3-5-7-9-8-6-4-2;;;;;;/h1,3-9H2,2H3;2*1H;;;;. The molecule has 0 fully saturated rings. The van der Waals surface area contributed by atoms with Crippen LogP contribution in [0, 0.1) is 0 Å². The second-order valence-corrected chi connectivity index (χ2v) is 3.65. The first-order valence-corrected chi connectivity index (χ1v) is 5.66. The number of halogens is 2. The van der Waals surface area contributed by atoms with Crippen molar-refractivity contribution in [2.24, 2.45) is 0 Å². The van der Waals surface area contributed by atoms with E-state index in [1.54, 1.807) is 0 Å². The second-order valence-electron chi connectivity index (χ2n) is 2.87. The molecule has 13 heavy (non-hydrogen) atoms. The third kappa shape index (κ3) is 24.9. The van der Waals surface area contributed by atoms with Crippen LogP contribution in [0.25, 0.3) is 0 Å². The summed E-state index contributed by atoms with van der Waals surface area (Å²) in [4.78, 5) is 0. The van der Waals surface area contributed by atoms with E-state index in [1.807, 2.05) is 0 Å². The predicted octanol–water partition coefficient (Wildman–Crippen LogP) is 3.63. The van der Waals surface area contributed by atoms with Crippen LogP contribution in [0.1, 0.15) is 51.9 Å². The van der Waals surface area contributed by atoms with Crippen LogP contribution in [0.4, 0.5) is 0 Å². The molecule has 4 heteroatoms. The maximum atomic E-state index is 2.27. The van der Waals surface area contributed by atoms with Crippen LogP contribution < -0.4 is 0 Å². The minimum absolute atomic E-state index is 0. The molecule has 0 aromatic carbocycles. The van der Waals surface area contributed by atoms with Crippen LogP contribution in [0.5, 0.6) is 0 Å². The largest absolute Gasteiger partial charge is 0.316 e. The summed E-state index contributed by atoms with van der Waals surface area (Å²) in [6, 6.07) is 0. The molecule has 0 unspecified atom stereocenters. The Kier molecular flexibility index (Phi) is 44.4. The average molecular weight is 274 g/mol. The van der Waals surface area contributed by atoms with E-state index in [4.69, 9.17) is 0 Å². The Labute approximate surface area is 124 Å². The van der Waals surface area contributed by atoms with Crippen molar-refractivity contribution >= 4 is 47.9 Å². The number of rotatable bonds is 7. The summed E-state index contributed by atoms with van der Waals surface area (Å²) in [5.41, 5.74) is 0. The molecule has 0 rings (SSSR count). The van der Waals surface area contributed by atoms with Crippen molar-refractivity contribution in [1.82, 2.24) is 0 Å². The Bertz CT molecular complexity index is 57.6. The van der Waals surface area contributed by atoms with Crippen molar-refractivity contribution in [2.75, 3.05) is 0 Å². The molecule has 0 aromatic heterocycles. The Morgan fingerprint density at radius 1 is 0.769 bits per heavy atom. The zero-order valence-corrected chi connectivity index (χ0v) is 11.2. The number of hydrogen-bond donors (Lipinski definition) is 0. The van der Waals surface area contributed by atoms with Crippen LogP contribution in [-0.4, -0.2) is 23.1 Å². The molecule has 0 nitrogen and oxygen atoms in total. The molecular formula is C9H23Cl2MgTi. The van der Waals surface area contributed by atoms with E-state index in [9.17, 15) is 0 Å². The molecule has 0 radical (unpaired) electrons.